The van der Waals surface area contributed by atoms with Gasteiger partial charge in [-0.1, -0.05) is 34.6 Å². The molecule has 0 N–H and O–H groups in total. The highest BCUT2D eigenvalue weighted by Crippen LogP contribution is 2.70. The number of fused-ring (bicyclic) bond motifs is 9. The van der Waals surface area contributed by atoms with Crippen LogP contribution in [0.3, 0.4) is 0 Å². The molecule has 8 fully saturated rings. The van der Waals surface area contributed by atoms with Gasteiger partial charge >= 0.3 is 11.9 Å². The molecule has 0 amide bonds. The first-order valence-electron chi connectivity index (χ1n) is 16.3. The SMILES string of the molecule is CC(C)C(CC(C)(C)C)C(=O)OC1CC2CC1C1C3CC(CC3C(=O)OC3(C)C4CC5CC(C4)CC3C5)C21. The average Bonchev–Trinajstić information content (AvgIpc) is 3.59. The summed E-state index contributed by atoms with van der Waals surface area (Å²) in [7, 11) is 0. The fourth-order valence-corrected chi connectivity index (χ4v) is 12.0. The Morgan fingerprint density at radius 1 is 0.816 bits per heavy atom. The third-order valence-corrected chi connectivity index (χ3v) is 13.3. The minimum atomic E-state index is -0.225. The van der Waals surface area contributed by atoms with E-state index in [0.29, 0.717) is 47.3 Å². The van der Waals surface area contributed by atoms with Crippen LogP contribution in [0.2, 0.25) is 0 Å². The van der Waals surface area contributed by atoms with Crippen LogP contribution in [0.15, 0.2) is 0 Å². The predicted octanol–water partition coefficient (Wildman–Crippen LogP) is 7.29. The molecule has 8 saturated carbocycles. The number of carbonyl (C=O) groups is 2. The van der Waals surface area contributed by atoms with E-state index < -0.39 is 0 Å². The Balaban J connectivity index is 1.03. The maximum absolute atomic E-state index is 13.9. The molecule has 8 aliphatic rings. The van der Waals surface area contributed by atoms with Gasteiger partial charge in [-0.2, -0.15) is 0 Å². The summed E-state index contributed by atoms with van der Waals surface area (Å²) < 4.78 is 13.0. The molecule has 0 spiro atoms. The molecular weight excluding hydrogens is 472 g/mol. The smallest absolute Gasteiger partial charge is 0.309 e. The number of esters is 2. The van der Waals surface area contributed by atoms with Crippen molar-refractivity contribution in [3.8, 4) is 0 Å². The van der Waals surface area contributed by atoms with Gasteiger partial charge in [0.05, 0.1) is 11.8 Å². The summed E-state index contributed by atoms with van der Waals surface area (Å²) >= 11 is 0. The molecule has 212 valence electrons. The standard InChI is InChI=1S/C34H52O4/c1-17(2)27(16-33(3,4)5)31(35)37-28-15-21-14-26(28)30-24-12-20(29(21)30)13-25(24)32(36)38-34(6)22-8-18-7-19(10-22)11-23(34)9-18/h17-30H,7-16H2,1-6H3. The minimum absolute atomic E-state index is 0.0259. The molecule has 0 aliphatic heterocycles. The van der Waals surface area contributed by atoms with Crippen LogP contribution in [-0.2, 0) is 19.1 Å². The molecular formula is C34H52O4. The second-order valence-corrected chi connectivity index (χ2v) is 17.1. The van der Waals surface area contributed by atoms with E-state index in [1.165, 1.54) is 44.9 Å². The lowest BCUT2D eigenvalue weighted by molar-refractivity contribution is -0.209. The monoisotopic (exact) mass is 524 g/mol. The van der Waals surface area contributed by atoms with Gasteiger partial charge in [-0.05, 0) is 142 Å². The van der Waals surface area contributed by atoms with Gasteiger partial charge in [0.2, 0.25) is 0 Å². The summed E-state index contributed by atoms with van der Waals surface area (Å²) in [5.74, 6) is 7.05. The fourth-order valence-electron chi connectivity index (χ4n) is 12.0. The molecule has 0 aromatic rings. The van der Waals surface area contributed by atoms with E-state index in [1.807, 2.05) is 0 Å². The first-order chi connectivity index (χ1) is 17.9. The lowest BCUT2D eigenvalue weighted by Crippen LogP contribution is -2.58. The Hall–Kier alpha value is -1.06. The number of carbonyl (C=O) groups excluding carboxylic acids is 2. The van der Waals surface area contributed by atoms with Gasteiger partial charge in [0.25, 0.3) is 0 Å². The van der Waals surface area contributed by atoms with Crippen molar-refractivity contribution in [3.05, 3.63) is 0 Å². The maximum Gasteiger partial charge on any atom is 0.309 e. The summed E-state index contributed by atoms with van der Waals surface area (Å²) in [4.78, 5) is 27.3. The summed E-state index contributed by atoms with van der Waals surface area (Å²) in [6, 6.07) is 0. The molecule has 0 aromatic carbocycles. The minimum Gasteiger partial charge on any atom is -0.462 e. The van der Waals surface area contributed by atoms with E-state index in [9.17, 15) is 9.59 Å². The number of hydrogen-bond donors (Lipinski definition) is 0. The molecule has 8 aliphatic carbocycles. The summed E-state index contributed by atoms with van der Waals surface area (Å²) in [5.41, 5.74) is -0.114. The van der Waals surface area contributed by atoms with Gasteiger partial charge in [0.15, 0.2) is 0 Å². The van der Waals surface area contributed by atoms with Crippen LogP contribution in [0, 0.1) is 82.3 Å². The van der Waals surface area contributed by atoms with E-state index in [0.717, 1.165) is 37.0 Å². The highest BCUT2D eigenvalue weighted by molar-refractivity contribution is 5.74. The Labute approximate surface area is 230 Å². The summed E-state index contributed by atoms with van der Waals surface area (Å²) in [6.07, 6.45) is 12.0. The van der Waals surface area contributed by atoms with Crippen molar-refractivity contribution in [1.29, 1.82) is 0 Å². The van der Waals surface area contributed by atoms with Crippen LogP contribution in [0.5, 0.6) is 0 Å². The van der Waals surface area contributed by atoms with Crippen molar-refractivity contribution in [1.82, 2.24) is 0 Å². The van der Waals surface area contributed by atoms with Gasteiger partial charge in [-0.15, -0.1) is 0 Å². The molecule has 4 heteroatoms. The zero-order valence-corrected chi connectivity index (χ0v) is 24.8. The normalized spacial score (nSPS) is 50.5. The predicted molar refractivity (Wildman–Crippen MR) is 147 cm³/mol. The van der Waals surface area contributed by atoms with Crippen molar-refractivity contribution in [3.63, 3.8) is 0 Å². The van der Waals surface area contributed by atoms with E-state index in [2.05, 4.69) is 41.5 Å². The zero-order valence-electron chi connectivity index (χ0n) is 24.8. The van der Waals surface area contributed by atoms with Crippen molar-refractivity contribution >= 4 is 11.9 Å². The van der Waals surface area contributed by atoms with Crippen LogP contribution >= 0.6 is 0 Å². The van der Waals surface area contributed by atoms with E-state index in [1.54, 1.807) is 0 Å². The molecule has 4 nitrogen and oxygen atoms in total. The Kier molecular flexibility index (Phi) is 5.94. The second kappa shape index (κ2) is 8.72. The number of hydrogen-bond acceptors (Lipinski definition) is 4. The topological polar surface area (TPSA) is 52.6 Å². The highest BCUT2D eigenvalue weighted by atomic mass is 16.6. The van der Waals surface area contributed by atoms with Gasteiger partial charge in [0, 0.05) is 0 Å². The lowest BCUT2D eigenvalue weighted by atomic mass is 9.50. The molecule has 9 unspecified atom stereocenters. The Morgan fingerprint density at radius 3 is 2.03 bits per heavy atom. The largest absolute Gasteiger partial charge is 0.462 e. The quantitative estimate of drug-likeness (QED) is 0.270. The van der Waals surface area contributed by atoms with Crippen LogP contribution in [0.1, 0.15) is 106 Å². The molecule has 8 rings (SSSR count). The fraction of sp³-hybridized carbons (Fsp3) is 0.941. The van der Waals surface area contributed by atoms with E-state index in [4.69, 9.17) is 9.47 Å². The van der Waals surface area contributed by atoms with E-state index >= 15 is 0 Å². The third-order valence-electron chi connectivity index (χ3n) is 13.3. The Morgan fingerprint density at radius 2 is 1.42 bits per heavy atom. The molecule has 9 atom stereocenters. The molecule has 38 heavy (non-hydrogen) atoms. The van der Waals surface area contributed by atoms with Crippen molar-refractivity contribution < 1.29 is 19.1 Å². The van der Waals surface area contributed by atoms with E-state index in [-0.39, 0.29) is 40.9 Å². The van der Waals surface area contributed by atoms with Crippen LogP contribution < -0.4 is 0 Å². The average molecular weight is 525 g/mol. The van der Waals surface area contributed by atoms with Gasteiger partial charge in [0.1, 0.15) is 11.7 Å². The molecule has 0 aromatic heterocycles. The first-order valence-corrected chi connectivity index (χ1v) is 16.3. The van der Waals surface area contributed by atoms with Crippen LogP contribution in [0.25, 0.3) is 0 Å². The van der Waals surface area contributed by atoms with Crippen molar-refractivity contribution in [2.75, 3.05) is 0 Å². The van der Waals surface area contributed by atoms with Gasteiger partial charge in [-0.25, -0.2) is 0 Å². The highest BCUT2D eigenvalue weighted by Gasteiger charge is 2.67. The first kappa shape index (κ1) is 25.9. The molecule has 0 heterocycles. The van der Waals surface area contributed by atoms with Crippen LogP contribution in [0.4, 0.5) is 0 Å². The Bertz CT molecular complexity index is 947. The third kappa shape index (κ3) is 3.95. The maximum atomic E-state index is 13.9. The van der Waals surface area contributed by atoms with Gasteiger partial charge < -0.3 is 9.47 Å². The van der Waals surface area contributed by atoms with Crippen molar-refractivity contribution in [2.24, 2.45) is 82.3 Å². The molecule has 0 radical (unpaired) electrons. The van der Waals surface area contributed by atoms with Crippen molar-refractivity contribution in [2.45, 2.75) is 117 Å². The number of rotatable bonds is 6. The van der Waals surface area contributed by atoms with Gasteiger partial charge in [-0.3, -0.25) is 9.59 Å². The summed E-state index contributed by atoms with van der Waals surface area (Å²) in [6.45, 7) is 13.3. The number of ether oxygens (including phenoxy) is 2. The molecule has 8 bridgehead atoms. The zero-order chi connectivity index (χ0) is 26.7. The lowest BCUT2D eigenvalue weighted by Gasteiger charge is -2.59. The second-order valence-electron chi connectivity index (χ2n) is 17.1. The summed E-state index contributed by atoms with van der Waals surface area (Å²) in [5, 5.41) is 0. The van der Waals surface area contributed by atoms with Crippen LogP contribution in [-0.4, -0.2) is 23.6 Å². The molecule has 0 saturated heterocycles.